The number of hydrogen-bond acceptors (Lipinski definition) is 3. The minimum Gasteiger partial charge on any atom is -0.399 e. The van der Waals surface area contributed by atoms with E-state index in [4.69, 9.17) is 17.3 Å². The predicted molar refractivity (Wildman–Crippen MR) is 77.7 cm³/mol. The van der Waals surface area contributed by atoms with E-state index in [2.05, 4.69) is 0 Å². The van der Waals surface area contributed by atoms with Gasteiger partial charge in [-0.2, -0.15) is 4.31 Å². The molecule has 0 bridgehead atoms. The molecule has 0 aromatic heterocycles. The van der Waals surface area contributed by atoms with Crippen molar-refractivity contribution in [2.75, 3.05) is 5.73 Å². The summed E-state index contributed by atoms with van der Waals surface area (Å²) in [6, 6.07) is 4.55. The van der Waals surface area contributed by atoms with Crippen molar-refractivity contribution in [3.05, 3.63) is 23.2 Å². The number of anilines is 1. The third-order valence-electron chi connectivity index (χ3n) is 3.62. The second-order valence-electron chi connectivity index (χ2n) is 5.15. The summed E-state index contributed by atoms with van der Waals surface area (Å²) < 4.78 is 27.1. The minimum absolute atomic E-state index is 0.00810. The van der Waals surface area contributed by atoms with E-state index < -0.39 is 10.0 Å². The molecule has 1 aromatic rings. The second kappa shape index (κ2) is 5.31. The van der Waals surface area contributed by atoms with E-state index >= 15 is 0 Å². The zero-order valence-corrected chi connectivity index (χ0v) is 12.7. The smallest absolute Gasteiger partial charge is 0.245 e. The van der Waals surface area contributed by atoms with E-state index in [1.165, 1.54) is 12.1 Å². The third kappa shape index (κ3) is 2.73. The van der Waals surface area contributed by atoms with Gasteiger partial charge in [0.1, 0.15) is 4.90 Å². The fourth-order valence-corrected chi connectivity index (χ4v) is 5.10. The fourth-order valence-electron chi connectivity index (χ4n) is 2.70. The zero-order valence-electron chi connectivity index (χ0n) is 11.1. The van der Waals surface area contributed by atoms with Crippen molar-refractivity contribution in [3.63, 3.8) is 0 Å². The van der Waals surface area contributed by atoms with Gasteiger partial charge in [0.05, 0.1) is 5.02 Å². The van der Waals surface area contributed by atoms with Crippen molar-refractivity contribution in [1.82, 2.24) is 4.31 Å². The van der Waals surface area contributed by atoms with Crippen LogP contribution in [0.4, 0.5) is 5.69 Å². The quantitative estimate of drug-likeness (QED) is 0.854. The number of benzene rings is 1. The molecule has 2 rings (SSSR count). The van der Waals surface area contributed by atoms with Gasteiger partial charge in [0.15, 0.2) is 0 Å². The lowest BCUT2D eigenvalue weighted by molar-refractivity contribution is 0.204. The molecule has 4 nitrogen and oxygen atoms in total. The van der Waals surface area contributed by atoms with Gasteiger partial charge in [0, 0.05) is 17.8 Å². The van der Waals surface area contributed by atoms with E-state index in [-0.39, 0.29) is 22.0 Å². The van der Waals surface area contributed by atoms with Crippen LogP contribution in [0.2, 0.25) is 5.02 Å². The molecule has 6 heteroatoms. The number of nitrogen functional groups attached to an aromatic ring is 1. The lowest BCUT2D eigenvalue weighted by Crippen LogP contribution is -2.47. The van der Waals surface area contributed by atoms with Crippen LogP contribution in [0, 0.1) is 0 Å². The summed E-state index contributed by atoms with van der Waals surface area (Å²) in [5.74, 6) is 0. The molecule has 0 aliphatic carbocycles. The SMILES string of the molecule is CC1CCCC(C)N1S(=O)(=O)c1cc(N)ccc1Cl. The molecule has 0 radical (unpaired) electrons. The van der Waals surface area contributed by atoms with E-state index in [1.54, 1.807) is 10.4 Å². The van der Waals surface area contributed by atoms with Crippen LogP contribution in [-0.2, 0) is 10.0 Å². The summed E-state index contributed by atoms with van der Waals surface area (Å²) in [6.07, 6.45) is 2.81. The van der Waals surface area contributed by atoms with E-state index in [9.17, 15) is 8.42 Å². The highest BCUT2D eigenvalue weighted by Crippen LogP contribution is 2.33. The molecule has 2 N–H and O–H groups in total. The van der Waals surface area contributed by atoms with Gasteiger partial charge in [-0.3, -0.25) is 0 Å². The van der Waals surface area contributed by atoms with E-state index in [0.29, 0.717) is 5.69 Å². The first kappa shape index (κ1) is 14.6. The summed E-state index contributed by atoms with van der Waals surface area (Å²) in [5.41, 5.74) is 6.08. The Balaban J connectivity index is 2.49. The topological polar surface area (TPSA) is 63.4 Å². The van der Waals surface area contributed by atoms with Gasteiger partial charge in [-0.15, -0.1) is 0 Å². The zero-order chi connectivity index (χ0) is 14.2. The Bertz CT molecular complexity index is 564. The summed E-state index contributed by atoms with van der Waals surface area (Å²) in [4.78, 5) is 0.106. The highest BCUT2D eigenvalue weighted by Gasteiger charge is 2.36. The Hall–Kier alpha value is -0.780. The molecule has 1 saturated heterocycles. The maximum Gasteiger partial charge on any atom is 0.245 e. The van der Waals surface area contributed by atoms with Crippen molar-refractivity contribution < 1.29 is 8.42 Å². The Morgan fingerprint density at radius 2 is 1.84 bits per heavy atom. The van der Waals surface area contributed by atoms with Crippen molar-refractivity contribution in [2.45, 2.75) is 50.1 Å². The number of halogens is 1. The summed E-state index contributed by atoms with van der Waals surface area (Å²) in [5, 5.41) is 0.221. The van der Waals surface area contributed by atoms with Gasteiger partial charge in [0.25, 0.3) is 0 Å². The van der Waals surface area contributed by atoms with Crippen LogP contribution in [0.15, 0.2) is 23.1 Å². The molecule has 1 heterocycles. The normalized spacial score (nSPS) is 25.4. The number of nitrogens with two attached hydrogens (primary N) is 1. The van der Waals surface area contributed by atoms with Crippen molar-refractivity contribution >= 4 is 27.3 Å². The van der Waals surface area contributed by atoms with Crippen LogP contribution in [0.5, 0.6) is 0 Å². The maximum atomic E-state index is 12.8. The summed E-state index contributed by atoms with van der Waals surface area (Å²) >= 11 is 6.03. The van der Waals surface area contributed by atoms with Gasteiger partial charge in [-0.1, -0.05) is 18.0 Å². The molecular formula is C13H19ClN2O2S. The largest absolute Gasteiger partial charge is 0.399 e. The van der Waals surface area contributed by atoms with Gasteiger partial charge in [-0.25, -0.2) is 8.42 Å². The monoisotopic (exact) mass is 302 g/mol. The van der Waals surface area contributed by atoms with E-state index in [1.807, 2.05) is 13.8 Å². The third-order valence-corrected chi connectivity index (χ3v) is 6.23. The number of piperidine rings is 1. The van der Waals surface area contributed by atoms with Crippen molar-refractivity contribution in [3.8, 4) is 0 Å². The van der Waals surface area contributed by atoms with Crippen LogP contribution in [0.3, 0.4) is 0 Å². The predicted octanol–water partition coefficient (Wildman–Crippen LogP) is 2.87. The molecule has 0 amide bonds. The molecule has 1 aliphatic rings. The molecule has 0 saturated carbocycles. The van der Waals surface area contributed by atoms with Crippen LogP contribution in [0.25, 0.3) is 0 Å². The summed E-state index contributed by atoms with van der Waals surface area (Å²) in [7, 11) is -3.59. The van der Waals surface area contributed by atoms with Gasteiger partial charge in [-0.05, 0) is 44.9 Å². The lowest BCUT2D eigenvalue weighted by Gasteiger charge is -2.37. The number of sulfonamides is 1. The van der Waals surface area contributed by atoms with Gasteiger partial charge >= 0.3 is 0 Å². The minimum atomic E-state index is -3.59. The summed E-state index contributed by atoms with van der Waals surface area (Å²) in [6.45, 7) is 3.88. The number of hydrogen-bond donors (Lipinski definition) is 1. The van der Waals surface area contributed by atoms with Crippen molar-refractivity contribution in [1.29, 1.82) is 0 Å². The lowest BCUT2D eigenvalue weighted by atomic mass is 10.0. The fraction of sp³-hybridized carbons (Fsp3) is 0.538. The average molecular weight is 303 g/mol. The maximum absolute atomic E-state index is 12.8. The molecule has 2 unspecified atom stereocenters. The van der Waals surface area contributed by atoms with Gasteiger partial charge in [0.2, 0.25) is 10.0 Å². The highest BCUT2D eigenvalue weighted by atomic mass is 35.5. The average Bonchev–Trinajstić information content (AvgIpc) is 2.31. The van der Waals surface area contributed by atoms with Crippen LogP contribution in [-0.4, -0.2) is 24.8 Å². The Morgan fingerprint density at radius 1 is 1.26 bits per heavy atom. The van der Waals surface area contributed by atoms with Crippen LogP contribution in [0.1, 0.15) is 33.1 Å². The molecule has 19 heavy (non-hydrogen) atoms. The molecule has 2 atom stereocenters. The molecular weight excluding hydrogens is 284 g/mol. The Morgan fingerprint density at radius 3 is 2.42 bits per heavy atom. The molecule has 1 aliphatic heterocycles. The van der Waals surface area contributed by atoms with Gasteiger partial charge < -0.3 is 5.73 Å². The highest BCUT2D eigenvalue weighted by molar-refractivity contribution is 7.89. The second-order valence-corrected chi connectivity index (χ2v) is 7.37. The molecule has 1 fully saturated rings. The number of nitrogens with zero attached hydrogens (tertiary/aromatic N) is 1. The molecule has 1 aromatic carbocycles. The van der Waals surface area contributed by atoms with Crippen LogP contribution < -0.4 is 5.73 Å². The van der Waals surface area contributed by atoms with Crippen molar-refractivity contribution in [2.24, 2.45) is 0 Å². The van der Waals surface area contributed by atoms with E-state index in [0.717, 1.165) is 19.3 Å². The molecule has 106 valence electrons. The Kier molecular flexibility index (Phi) is 4.08. The standard InChI is InChI=1S/C13H19ClN2O2S/c1-9-4-3-5-10(2)16(9)19(17,18)13-8-11(15)6-7-12(13)14/h6-10H,3-5,15H2,1-2H3. The first-order chi connectivity index (χ1) is 8.84. The first-order valence-corrected chi connectivity index (χ1v) is 8.24. The first-order valence-electron chi connectivity index (χ1n) is 6.42. The number of rotatable bonds is 2. The molecule has 0 spiro atoms. The van der Waals surface area contributed by atoms with Crippen LogP contribution >= 0.6 is 11.6 Å². The Labute approximate surface area is 119 Å².